The molecular formula is C20H35N3O4. The summed E-state index contributed by atoms with van der Waals surface area (Å²) in [4.78, 5) is 30.0. The Morgan fingerprint density at radius 2 is 1.85 bits per heavy atom. The normalized spacial score (nSPS) is 29.0. The lowest BCUT2D eigenvalue weighted by Gasteiger charge is -2.46. The molecule has 1 N–H and O–H groups in total. The second-order valence-corrected chi connectivity index (χ2v) is 8.47. The van der Waals surface area contributed by atoms with Gasteiger partial charge in [-0.15, -0.1) is 0 Å². The Morgan fingerprint density at radius 1 is 1.11 bits per heavy atom. The molecule has 3 saturated heterocycles. The summed E-state index contributed by atoms with van der Waals surface area (Å²) in [7, 11) is 0. The summed E-state index contributed by atoms with van der Waals surface area (Å²) >= 11 is 0. The Labute approximate surface area is 162 Å². The van der Waals surface area contributed by atoms with Crippen LogP contribution in [0.4, 0.5) is 4.79 Å². The van der Waals surface area contributed by atoms with Crippen molar-refractivity contribution in [2.24, 2.45) is 5.92 Å². The van der Waals surface area contributed by atoms with Gasteiger partial charge >= 0.3 is 6.09 Å². The molecule has 0 radical (unpaired) electrons. The fourth-order valence-electron chi connectivity index (χ4n) is 5.07. The molecular weight excluding hydrogens is 346 g/mol. The van der Waals surface area contributed by atoms with E-state index in [9.17, 15) is 14.7 Å². The van der Waals surface area contributed by atoms with E-state index in [2.05, 4.69) is 9.80 Å². The van der Waals surface area contributed by atoms with E-state index in [0.29, 0.717) is 51.0 Å². The van der Waals surface area contributed by atoms with Crippen LogP contribution in [0.25, 0.3) is 0 Å². The van der Waals surface area contributed by atoms with Crippen molar-refractivity contribution in [2.75, 3.05) is 45.9 Å². The molecule has 0 saturated carbocycles. The predicted octanol–water partition coefficient (Wildman–Crippen LogP) is 1.69. The minimum absolute atomic E-state index is 0.199. The number of carbonyl (C=O) groups excluding carboxylic acids is 2. The van der Waals surface area contributed by atoms with Crippen LogP contribution in [-0.2, 0) is 9.53 Å². The van der Waals surface area contributed by atoms with E-state index < -0.39 is 5.60 Å². The maximum absolute atomic E-state index is 12.0. The lowest BCUT2D eigenvalue weighted by Crippen LogP contribution is -2.57. The van der Waals surface area contributed by atoms with Gasteiger partial charge in [0, 0.05) is 52.2 Å². The van der Waals surface area contributed by atoms with Crippen molar-refractivity contribution in [3.8, 4) is 0 Å². The maximum Gasteiger partial charge on any atom is 0.409 e. The molecule has 0 unspecified atom stereocenters. The van der Waals surface area contributed by atoms with Crippen molar-refractivity contribution in [3.63, 3.8) is 0 Å². The quantitative estimate of drug-likeness (QED) is 0.805. The van der Waals surface area contributed by atoms with Gasteiger partial charge in [0.2, 0.25) is 5.91 Å². The molecule has 3 heterocycles. The molecule has 3 fully saturated rings. The summed E-state index contributed by atoms with van der Waals surface area (Å²) in [5.74, 6) is 0.707. The van der Waals surface area contributed by atoms with Crippen LogP contribution in [0.1, 0.15) is 52.4 Å². The summed E-state index contributed by atoms with van der Waals surface area (Å²) in [6.07, 6.45) is 5.35. The largest absolute Gasteiger partial charge is 0.450 e. The number of β-amino-alcohol motifs (C(OH)–C–C–N with tert-alkyl or cyclic N) is 1. The fraction of sp³-hybridized carbons (Fsp3) is 0.900. The van der Waals surface area contributed by atoms with Crippen molar-refractivity contribution in [3.05, 3.63) is 0 Å². The Kier molecular flexibility index (Phi) is 6.63. The van der Waals surface area contributed by atoms with Gasteiger partial charge in [0.15, 0.2) is 0 Å². The number of piperidine rings is 2. The molecule has 3 rings (SSSR count). The number of aliphatic hydroxyl groups is 1. The summed E-state index contributed by atoms with van der Waals surface area (Å²) < 4.78 is 5.06. The molecule has 0 aromatic heterocycles. The number of hydrogen-bond acceptors (Lipinski definition) is 5. The van der Waals surface area contributed by atoms with Gasteiger partial charge in [-0.1, -0.05) is 6.42 Å². The van der Waals surface area contributed by atoms with Gasteiger partial charge < -0.3 is 24.5 Å². The number of amides is 2. The first kappa shape index (κ1) is 20.4. The summed E-state index contributed by atoms with van der Waals surface area (Å²) in [6, 6.07) is 0.363. The highest BCUT2D eigenvalue weighted by molar-refractivity contribution is 5.73. The van der Waals surface area contributed by atoms with E-state index in [4.69, 9.17) is 4.74 Å². The third kappa shape index (κ3) is 4.93. The van der Waals surface area contributed by atoms with E-state index in [0.717, 1.165) is 32.5 Å². The third-order valence-corrected chi connectivity index (χ3v) is 6.54. The number of nitrogens with zero attached hydrogens (tertiary/aromatic N) is 3. The molecule has 2 atom stereocenters. The monoisotopic (exact) mass is 381 g/mol. The average molecular weight is 382 g/mol. The van der Waals surface area contributed by atoms with Crippen LogP contribution in [0.15, 0.2) is 0 Å². The van der Waals surface area contributed by atoms with Crippen LogP contribution >= 0.6 is 0 Å². The van der Waals surface area contributed by atoms with E-state index in [1.807, 2.05) is 6.92 Å². The highest BCUT2D eigenvalue weighted by Gasteiger charge is 2.40. The van der Waals surface area contributed by atoms with Gasteiger partial charge in [-0.05, 0) is 44.9 Å². The zero-order chi connectivity index (χ0) is 19.4. The van der Waals surface area contributed by atoms with E-state index in [1.165, 1.54) is 12.8 Å². The second-order valence-electron chi connectivity index (χ2n) is 8.47. The first-order valence-corrected chi connectivity index (χ1v) is 10.6. The molecule has 2 amide bonds. The lowest BCUT2D eigenvalue weighted by molar-refractivity contribution is -0.133. The Hall–Kier alpha value is -1.34. The topological polar surface area (TPSA) is 73.3 Å². The maximum atomic E-state index is 12.0. The molecule has 0 aromatic carbocycles. The SMILES string of the molecule is CCOC(=O)N1CCC(O)(CN2CC[C@@H]3[C@@H](CCCCN3C(C)=O)C2)CC1. The summed E-state index contributed by atoms with van der Waals surface area (Å²) in [6.45, 7) is 8.41. The van der Waals surface area contributed by atoms with Crippen LogP contribution in [-0.4, -0.2) is 89.3 Å². The molecule has 154 valence electrons. The molecule has 0 bridgehead atoms. The van der Waals surface area contributed by atoms with E-state index in [-0.39, 0.29) is 12.0 Å². The van der Waals surface area contributed by atoms with E-state index >= 15 is 0 Å². The minimum Gasteiger partial charge on any atom is -0.450 e. The Morgan fingerprint density at radius 3 is 2.52 bits per heavy atom. The van der Waals surface area contributed by atoms with Gasteiger partial charge in [0.1, 0.15) is 0 Å². The predicted molar refractivity (Wildman–Crippen MR) is 102 cm³/mol. The number of hydrogen-bond donors (Lipinski definition) is 1. The number of ether oxygens (including phenoxy) is 1. The molecule has 7 heteroatoms. The fourth-order valence-corrected chi connectivity index (χ4v) is 5.07. The van der Waals surface area contributed by atoms with Crippen molar-refractivity contribution < 1.29 is 19.4 Å². The van der Waals surface area contributed by atoms with Crippen LogP contribution in [0.3, 0.4) is 0 Å². The minimum atomic E-state index is -0.735. The third-order valence-electron chi connectivity index (χ3n) is 6.54. The van der Waals surface area contributed by atoms with Crippen LogP contribution in [0.5, 0.6) is 0 Å². The van der Waals surface area contributed by atoms with Crippen LogP contribution in [0, 0.1) is 5.92 Å². The van der Waals surface area contributed by atoms with E-state index in [1.54, 1.807) is 11.8 Å². The molecule has 0 aromatic rings. The van der Waals surface area contributed by atoms with Crippen LogP contribution in [0.2, 0.25) is 0 Å². The molecule has 27 heavy (non-hydrogen) atoms. The van der Waals surface area contributed by atoms with Gasteiger partial charge in [-0.3, -0.25) is 4.79 Å². The number of rotatable bonds is 3. The summed E-state index contributed by atoms with van der Waals surface area (Å²) in [5, 5.41) is 11.1. The van der Waals surface area contributed by atoms with Gasteiger partial charge in [0.05, 0.1) is 12.2 Å². The highest BCUT2D eigenvalue weighted by atomic mass is 16.6. The second kappa shape index (κ2) is 8.78. The zero-order valence-corrected chi connectivity index (χ0v) is 16.9. The number of fused-ring (bicyclic) bond motifs is 1. The number of carbonyl (C=O) groups is 2. The average Bonchev–Trinajstić information content (AvgIpc) is 2.84. The molecule has 0 spiro atoms. The molecule has 3 aliphatic rings. The first-order valence-electron chi connectivity index (χ1n) is 10.6. The Balaban J connectivity index is 1.53. The standard InChI is InChI=1S/C20H35N3O4/c1-3-27-19(25)22-12-8-20(26,9-13-22)15-21-11-7-18-17(14-21)6-4-5-10-23(18)16(2)24/h17-18,26H,3-15H2,1-2H3/t17-,18+/m0/s1. The number of likely N-dealkylation sites (tertiary alicyclic amines) is 3. The molecule has 0 aliphatic carbocycles. The Bertz CT molecular complexity index is 533. The first-order chi connectivity index (χ1) is 12.9. The van der Waals surface area contributed by atoms with Crippen molar-refractivity contribution in [1.29, 1.82) is 0 Å². The molecule has 3 aliphatic heterocycles. The lowest BCUT2D eigenvalue weighted by atomic mass is 9.85. The highest BCUT2D eigenvalue weighted by Crippen LogP contribution is 2.32. The van der Waals surface area contributed by atoms with Crippen molar-refractivity contribution in [1.82, 2.24) is 14.7 Å². The van der Waals surface area contributed by atoms with Gasteiger partial charge in [0.25, 0.3) is 0 Å². The van der Waals surface area contributed by atoms with Gasteiger partial charge in [-0.2, -0.15) is 0 Å². The molecule has 7 nitrogen and oxygen atoms in total. The zero-order valence-electron chi connectivity index (χ0n) is 16.9. The van der Waals surface area contributed by atoms with Crippen molar-refractivity contribution in [2.45, 2.75) is 64.0 Å². The van der Waals surface area contributed by atoms with Crippen LogP contribution < -0.4 is 0 Å². The summed E-state index contributed by atoms with van der Waals surface area (Å²) in [5.41, 5.74) is -0.735. The smallest absolute Gasteiger partial charge is 0.409 e. The van der Waals surface area contributed by atoms with Gasteiger partial charge in [-0.25, -0.2) is 4.79 Å². The van der Waals surface area contributed by atoms with Crippen molar-refractivity contribution >= 4 is 12.0 Å².